The highest BCUT2D eigenvalue weighted by Crippen LogP contribution is 2.20. The average Bonchev–Trinajstić information content (AvgIpc) is 2.89. The Bertz CT molecular complexity index is 379. The second-order valence-electron chi connectivity index (χ2n) is 3.83. The molecule has 100 valence electrons. The lowest BCUT2D eigenvalue weighted by atomic mass is 10.2. The minimum Gasteiger partial charge on any atom is -0.388 e. The number of carbonyl (C=O) groups is 2. The van der Waals surface area contributed by atoms with Crippen LogP contribution >= 0.6 is 11.3 Å². The number of aliphatic hydroxyl groups is 1. The van der Waals surface area contributed by atoms with Crippen LogP contribution < -0.4 is 10.6 Å². The number of nitrogens with one attached hydrogen (secondary N) is 2. The predicted octanol–water partition coefficient (Wildman–Crippen LogP) is 0.814. The normalized spacial score (nSPS) is 11.9. The first kappa shape index (κ1) is 14.7. The number of carbonyl (C=O) groups excluding carboxylic acids is 2. The molecule has 5 nitrogen and oxygen atoms in total. The zero-order valence-electron chi connectivity index (χ0n) is 10.3. The summed E-state index contributed by atoms with van der Waals surface area (Å²) >= 11 is 1.47. The summed E-state index contributed by atoms with van der Waals surface area (Å²) in [6, 6.07) is 3.70. The fourth-order valence-corrected chi connectivity index (χ4v) is 2.09. The molecule has 1 rings (SSSR count). The number of hydrogen-bond acceptors (Lipinski definition) is 4. The topological polar surface area (TPSA) is 78.4 Å². The molecule has 0 bridgehead atoms. The minimum atomic E-state index is -0.651. The van der Waals surface area contributed by atoms with Crippen LogP contribution in [0.1, 0.15) is 30.7 Å². The van der Waals surface area contributed by atoms with Crippen molar-refractivity contribution in [3.63, 3.8) is 0 Å². The van der Waals surface area contributed by atoms with Crippen molar-refractivity contribution in [2.24, 2.45) is 0 Å². The second kappa shape index (κ2) is 7.84. The van der Waals surface area contributed by atoms with Crippen molar-refractivity contribution in [1.29, 1.82) is 0 Å². The van der Waals surface area contributed by atoms with Crippen LogP contribution in [0.5, 0.6) is 0 Å². The van der Waals surface area contributed by atoms with E-state index >= 15 is 0 Å². The Morgan fingerprint density at radius 2 is 2.00 bits per heavy atom. The van der Waals surface area contributed by atoms with Gasteiger partial charge in [-0.1, -0.05) is 13.0 Å². The van der Waals surface area contributed by atoms with E-state index in [0.29, 0.717) is 13.0 Å². The number of amides is 2. The molecular formula is C12H18N2O3S. The van der Waals surface area contributed by atoms with Crippen LogP contribution in [-0.2, 0) is 9.59 Å². The van der Waals surface area contributed by atoms with Gasteiger partial charge in [0.1, 0.15) is 0 Å². The minimum absolute atomic E-state index is 0.275. The molecule has 3 N–H and O–H groups in total. The third kappa shape index (κ3) is 4.85. The van der Waals surface area contributed by atoms with Gasteiger partial charge >= 0.3 is 11.8 Å². The highest BCUT2D eigenvalue weighted by Gasteiger charge is 2.13. The highest BCUT2D eigenvalue weighted by molar-refractivity contribution is 7.10. The van der Waals surface area contributed by atoms with Crippen molar-refractivity contribution < 1.29 is 14.7 Å². The lowest BCUT2D eigenvalue weighted by molar-refractivity contribution is -0.139. The third-order valence-corrected chi connectivity index (χ3v) is 3.29. The van der Waals surface area contributed by atoms with Gasteiger partial charge in [0.25, 0.3) is 0 Å². The molecule has 1 aromatic heterocycles. The zero-order valence-corrected chi connectivity index (χ0v) is 11.1. The van der Waals surface area contributed by atoms with E-state index in [2.05, 4.69) is 10.6 Å². The van der Waals surface area contributed by atoms with Crippen LogP contribution in [-0.4, -0.2) is 30.0 Å². The molecule has 1 atom stereocenters. The fraction of sp³-hybridized carbons (Fsp3) is 0.500. The van der Waals surface area contributed by atoms with Gasteiger partial charge in [-0.3, -0.25) is 9.59 Å². The molecule has 1 unspecified atom stereocenters. The number of aliphatic hydroxyl groups excluding tert-OH is 1. The first-order valence-electron chi connectivity index (χ1n) is 5.92. The molecule has 0 aromatic carbocycles. The van der Waals surface area contributed by atoms with Crippen molar-refractivity contribution >= 4 is 23.2 Å². The van der Waals surface area contributed by atoms with Crippen LogP contribution in [0.15, 0.2) is 17.5 Å². The summed E-state index contributed by atoms with van der Waals surface area (Å²) in [7, 11) is 0. The second-order valence-corrected chi connectivity index (χ2v) is 4.81. The monoisotopic (exact) mass is 270 g/mol. The lowest BCUT2D eigenvalue weighted by Crippen LogP contribution is -2.40. The van der Waals surface area contributed by atoms with E-state index in [9.17, 15) is 14.7 Å². The number of hydrogen-bond donors (Lipinski definition) is 3. The largest absolute Gasteiger partial charge is 0.388 e. The molecule has 0 aliphatic heterocycles. The summed E-state index contributed by atoms with van der Waals surface area (Å²) in [6.45, 7) is 2.68. The Morgan fingerprint density at radius 1 is 1.33 bits per heavy atom. The maximum atomic E-state index is 11.3. The Labute approximate surface area is 110 Å². The Kier molecular flexibility index (Phi) is 6.38. The van der Waals surface area contributed by atoms with Crippen molar-refractivity contribution in [3.05, 3.63) is 22.4 Å². The van der Waals surface area contributed by atoms with Crippen LogP contribution in [0.25, 0.3) is 0 Å². The Balaban J connectivity index is 2.21. The first-order chi connectivity index (χ1) is 8.65. The van der Waals surface area contributed by atoms with E-state index in [1.54, 1.807) is 0 Å². The van der Waals surface area contributed by atoms with Gasteiger partial charge in [-0.25, -0.2) is 0 Å². The van der Waals surface area contributed by atoms with Gasteiger partial charge in [-0.05, 0) is 24.3 Å². The van der Waals surface area contributed by atoms with Gasteiger partial charge < -0.3 is 15.7 Å². The molecule has 0 radical (unpaired) electrons. The summed E-state index contributed by atoms with van der Waals surface area (Å²) in [5, 5.41) is 16.6. The highest BCUT2D eigenvalue weighted by atomic mass is 32.1. The van der Waals surface area contributed by atoms with E-state index in [0.717, 1.165) is 11.3 Å². The van der Waals surface area contributed by atoms with E-state index in [-0.39, 0.29) is 6.54 Å². The van der Waals surface area contributed by atoms with Gasteiger partial charge in [-0.15, -0.1) is 11.3 Å². The lowest BCUT2D eigenvalue weighted by Gasteiger charge is -2.09. The molecule has 0 saturated heterocycles. The van der Waals surface area contributed by atoms with E-state index in [1.807, 2.05) is 24.4 Å². The molecule has 0 fully saturated rings. The van der Waals surface area contributed by atoms with E-state index < -0.39 is 17.9 Å². The Morgan fingerprint density at radius 3 is 2.56 bits per heavy atom. The molecule has 1 heterocycles. The molecule has 18 heavy (non-hydrogen) atoms. The summed E-state index contributed by atoms with van der Waals surface area (Å²) in [5.41, 5.74) is 0. The SMILES string of the molecule is CCCNC(=O)C(=O)NCCC(O)c1cccs1. The summed E-state index contributed by atoms with van der Waals surface area (Å²) in [6.07, 6.45) is 0.590. The summed E-state index contributed by atoms with van der Waals surface area (Å²) in [5.74, 6) is -1.27. The third-order valence-electron chi connectivity index (χ3n) is 2.32. The van der Waals surface area contributed by atoms with Crippen molar-refractivity contribution in [1.82, 2.24) is 10.6 Å². The first-order valence-corrected chi connectivity index (χ1v) is 6.80. The van der Waals surface area contributed by atoms with Crippen molar-refractivity contribution in [3.8, 4) is 0 Å². The Hall–Kier alpha value is -1.40. The van der Waals surface area contributed by atoms with Gasteiger partial charge in [-0.2, -0.15) is 0 Å². The molecule has 6 heteroatoms. The molecule has 0 spiro atoms. The molecule has 0 saturated carbocycles. The van der Waals surface area contributed by atoms with Crippen LogP contribution in [0, 0.1) is 0 Å². The van der Waals surface area contributed by atoms with Crippen LogP contribution in [0.3, 0.4) is 0 Å². The molecule has 0 aliphatic rings. The number of rotatable bonds is 6. The smallest absolute Gasteiger partial charge is 0.309 e. The predicted molar refractivity (Wildman–Crippen MR) is 70.2 cm³/mol. The maximum absolute atomic E-state index is 11.3. The van der Waals surface area contributed by atoms with Crippen molar-refractivity contribution in [2.75, 3.05) is 13.1 Å². The average molecular weight is 270 g/mol. The quantitative estimate of drug-likeness (QED) is 0.669. The van der Waals surface area contributed by atoms with Gasteiger partial charge in [0, 0.05) is 18.0 Å². The van der Waals surface area contributed by atoms with Crippen LogP contribution in [0.2, 0.25) is 0 Å². The zero-order chi connectivity index (χ0) is 13.4. The standard InChI is InChI=1S/C12H18N2O3S/c1-2-6-13-11(16)12(17)14-7-5-9(15)10-4-3-8-18-10/h3-4,8-9,15H,2,5-7H2,1H3,(H,13,16)(H,14,17). The molecule has 0 aliphatic carbocycles. The fourth-order valence-electron chi connectivity index (χ4n) is 1.34. The molecular weight excluding hydrogens is 252 g/mol. The summed E-state index contributed by atoms with van der Waals surface area (Å²) < 4.78 is 0. The number of thiophene rings is 1. The van der Waals surface area contributed by atoms with Gasteiger partial charge in [0.2, 0.25) is 0 Å². The van der Waals surface area contributed by atoms with Crippen molar-refractivity contribution in [2.45, 2.75) is 25.9 Å². The van der Waals surface area contributed by atoms with Crippen LogP contribution in [0.4, 0.5) is 0 Å². The summed E-state index contributed by atoms with van der Waals surface area (Å²) in [4.78, 5) is 23.4. The van der Waals surface area contributed by atoms with E-state index in [4.69, 9.17) is 0 Å². The molecule has 1 aromatic rings. The van der Waals surface area contributed by atoms with Gasteiger partial charge in [0.05, 0.1) is 6.10 Å². The van der Waals surface area contributed by atoms with Gasteiger partial charge in [0.15, 0.2) is 0 Å². The molecule has 2 amide bonds. The van der Waals surface area contributed by atoms with E-state index in [1.165, 1.54) is 11.3 Å². The maximum Gasteiger partial charge on any atom is 0.309 e.